The smallest absolute Gasteiger partial charge is 0.254 e. The molecule has 1 amide bonds. The molecule has 6 heteroatoms. The van der Waals surface area contributed by atoms with Gasteiger partial charge >= 0.3 is 0 Å². The van der Waals surface area contributed by atoms with E-state index in [4.69, 9.17) is 21.0 Å². The molecular formula is C15H18N4O2. The molecule has 1 rings (SSSR count). The molecule has 0 heterocycles. The molecule has 0 atom stereocenters. The average Bonchev–Trinajstić information content (AvgIpc) is 2.46. The molecule has 1 aromatic rings. The lowest BCUT2D eigenvalue weighted by molar-refractivity contribution is 0.0762. The summed E-state index contributed by atoms with van der Waals surface area (Å²) in [6.45, 7) is 2.89. The Morgan fingerprint density at radius 1 is 1.24 bits per heavy atom. The minimum absolute atomic E-state index is 0.220. The molecule has 6 nitrogen and oxygen atoms in total. The highest BCUT2D eigenvalue weighted by Gasteiger charge is 2.16. The molecule has 0 spiro atoms. The summed E-state index contributed by atoms with van der Waals surface area (Å²) in [5.41, 5.74) is 6.61. The number of rotatable bonds is 7. The number of carbonyl (C=O) groups is 1. The van der Waals surface area contributed by atoms with Crippen LogP contribution in [0.25, 0.3) is 0 Å². The maximum atomic E-state index is 12.5. The van der Waals surface area contributed by atoms with E-state index in [9.17, 15) is 4.79 Å². The van der Waals surface area contributed by atoms with Crippen molar-refractivity contribution in [2.24, 2.45) is 0 Å². The molecule has 1 aromatic carbocycles. The van der Waals surface area contributed by atoms with Gasteiger partial charge in [-0.1, -0.05) is 0 Å². The van der Waals surface area contributed by atoms with Crippen LogP contribution in [0.2, 0.25) is 0 Å². The quantitative estimate of drug-likeness (QED) is 0.771. The molecule has 0 saturated heterocycles. The maximum absolute atomic E-state index is 12.5. The zero-order valence-corrected chi connectivity index (χ0v) is 12.0. The topological polar surface area (TPSA) is 103 Å². The molecule has 110 valence electrons. The molecule has 0 aliphatic carbocycles. The Bertz CT molecular complexity index is 554. The fourth-order valence-corrected chi connectivity index (χ4v) is 1.86. The van der Waals surface area contributed by atoms with Crippen molar-refractivity contribution in [1.29, 1.82) is 10.5 Å². The Labute approximate surface area is 124 Å². The van der Waals surface area contributed by atoms with Crippen molar-refractivity contribution in [3.63, 3.8) is 0 Å². The summed E-state index contributed by atoms with van der Waals surface area (Å²) < 4.78 is 5.36. The first-order valence-electron chi connectivity index (χ1n) is 6.69. The van der Waals surface area contributed by atoms with E-state index >= 15 is 0 Å². The SMILES string of the molecule is CCOc1cc(N)cc(C(=O)N(CCC#N)CCC#N)c1. The lowest BCUT2D eigenvalue weighted by Crippen LogP contribution is -2.32. The standard InChI is InChI=1S/C15H18N4O2/c1-2-21-14-10-12(9-13(18)11-14)15(20)19(7-3-5-16)8-4-6-17/h9-11H,2-4,7-8,18H2,1H3. The lowest BCUT2D eigenvalue weighted by atomic mass is 10.1. The Balaban J connectivity index is 2.96. The predicted molar refractivity (Wildman–Crippen MR) is 78.4 cm³/mol. The van der Waals surface area contributed by atoms with Crippen molar-refractivity contribution in [2.75, 3.05) is 25.4 Å². The number of benzene rings is 1. The normalized spacial score (nSPS) is 9.48. The highest BCUT2D eigenvalue weighted by molar-refractivity contribution is 5.95. The van der Waals surface area contributed by atoms with Crippen molar-refractivity contribution in [3.8, 4) is 17.9 Å². The molecule has 0 aromatic heterocycles. The van der Waals surface area contributed by atoms with Crippen molar-refractivity contribution in [3.05, 3.63) is 23.8 Å². The number of hydrogen-bond donors (Lipinski definition) is 1. The van der Waals surface area contributed by atoms with Crippen LogP contribution >= 0.6 is 0 Å². The first kappa shape index (κ1) is 16.3. The number of nitriles is 2. The minimum Gasteiger partial charge on any atom is -0.494 e. The van der Waals surface area contributed by atoms with Gasteiger partial charge in [0.25, 0.3) is 5.91 Å². The number of nitrogens with zero attached hydrogens (tertiary/aromatic N) is 3. The molecule has 0 aliphatic rings. The zero-order valence-electron chi connectivity index (χ0n) is 12.0. The largest absolute Gasteiger partial charge is 0.494 e. The van der Waals surface area contributed by atoms with E-state index in [0.29, 0.717) is 23.6 Å². The second-order valence-corrected chi connectivity index (χ2v) is 4.33. The fraction of sp³-hybridized carbons (Fsp3) is 0.400. The van der Waals surface area contributed by atoms with Crippen LogP contribution in [0.15, 0.2) is 18.2 Å². The Morgan fingerprint density at radius 2 is 1.86 bits per heavy atom. The summed E-state index contributed by atoms with van der Waals surface area (Å²) >= 11 is 0. The van der Waals surface area contributed by atoms with E-state index in [0.717, 1.165) is 0 Å². The van der Waals surface area contributed by atoms with Crippen LogP contribution < -0.4 is 10.5 Å². The highest BCUT2D eigenvalue weighted by Crippen LogP contribution is 2.20. The Morgan fingerprint density at radius 3 is 2.38 bits per heavy atom. The molecule has 0 bridgehead atoms. The number of amides is 1. The predicted octanol–water partition coefficient (Wildman–Crippen LogP) is 1.94. The summed E-state index contributed by atoms with van der Waals surface area (Å²) in [7, 11) is 0. The van der Waals surface area contributed by atoms with Crippen LogP contribution in [0.5, 0.6) is 5.75 Å². The van der Waals surface area contributed by atoms with Crippen molar-refractivity contribution < 1.29 is 9.53 Å². The first-order chi connectivity index (χ1) is 10.1. The van der Waals surface area contributed by atoms with E-state index in [-0.39, 0.29) is 31.8 Å². The van der Waals surface area contributed by atoms with Gasteiger partial charge in [0.2, 0.25) is 0 Å². The monoisotopic (exact) mass is 286 g/mol. The molecule has 2 N–H and O–H groups in total. The van der Waals surface area contributed by atoms with Gasteiger partial charge in [0.05, 0.1) is 31.6 Å². The molecular weight excluding hydrogens is 268 g/mol. The summed E-state index contributed by atoms with van der Waals surface area (Å²) in [6, 6.07) is 8.83. The van der Waals surface area contributed by atoms with Gasteiger partial charge in [-0.05, 0) is 19.1 Å². The van der Waals surface area contributed by atoms with Gasteiger partial charge in [0.15, 0.2) is 0 Å². The average molecular weight is 286 g/mol. The van der Waals surface area contributed by atoms with Crippen LogP contribution in [-0.2, 0) is 0 Å². The van der Waals surface area contributed by atoms with Gasteiger partial charge < -0.3 is 15.4 Å². The van der Waals surface area contributed by atoms with Gasteiger partial charge in [0.1, 0.15) is 5.75 Å². The molecule has 0 saturated carbocycles. The number of nitrogen functional groups attached to an aromatic ring is 1. The van der Waals surface area contributed by atoms with Crippen LogP contribution in [0.4, 0.5) is 5.69 Å². The number of ether oxygens (including phenoxy) is 1. The first-order valence-corrected chi connectivity index (χ1v) is 6.69. The number of anilines is 1. The van der Waals surface area contributed by atoms with E-state index in [2.05, 4.69) is 0 Å². The van der Waals surface area contributed by atoms with Gasteiger partial charge in [-0.3, -0.25) is 4.79 Å². The molecule has 21 heavy (non-hydrogen) atoms. The van der Waals surface area contributed by atoms with Crippen LogP contribution in [0.3, 0.4) is 0 Å². The van der Waals surface area contributed by atoms with Crippen LogP contribution in [0, 0.1) is 22.7 Å². The third-order valence-electron chi connectivity index (χ3n) is 2.76. The molecule has 0 radical (unpaired) electrons. The Kier molecular flexibility index (Phi) is 6.56. The fourth-order valence-electron chi connectivity index (χ4n) is 1.86. The summed E-state index contributed by atoms with van der Waals surface area (Å²) in [5, 5.41) is 17.3. The number of nitrogens with two attached hydrogens (primary N) is 1. The van der Waals surface area contributed by atoms with E-state index in [1.54, 1.807) is 18.2 Å². The van der Waals surface area contributed by atoms with Crippen LogP contribution in [-0.4, -0.2) is 30.5 Å². The zero-order chi connectivity index (χ0) is 15.7. The van der Waals surface area contributed by atoms with Crippen molar-refractivity contribution >= 4 is 11.6 Å². The third kappa shape index (κ3) is 5.04. The lowest BCUT2D eigenvalue weighted by Gasteiger charge is -2.21. The van der Waals surface area contributed by atoms with Crippen molar-refractivity contribution in [1.82, 2.24) is 4.90 Å². The number of hydrogen-bond acceptors (Lipinski definition) is 5. The molecule has 0 unspecified atom stereocenters. The van der Waals surface area contributed by atoms with E-state index in [1.165, 1.54) is 4.90 Å². The summed E-state index contributed by atoms with van der Waals surface area (Å²) in [6.07, 6.45) is 0.440. The summed E-state index contributed by atoms with van der Waals surface area (Å²) in [5.74, 6) is 0.273. The van der Waals surface area contributed by atoms with Crippen molar-refractivity contribution in [2.45, 2.75) is 19.8 Å². The van der Waals surface area contributed by atoms with Gasteiger partial charge in [-0.2, -0.15) is 10.5 Å². The van der Waals surface area contributed by atoms with Gasteiger partial charge in [-0.25, -0.2) is 0 Å². The second kappa shape index (κ2) is 8.44. The third-order valence-corrected chi connectivity index (χ3v) is 2.76. The van der Waals surface area contributed by atoms with E-state index < -0.39 is 0 Å². The highest BCUT2D eigenvalue weighted by atomic mass is 16.5. The number of carbonyl (C=O) groups excluding carboxylic acids is 1. The summed E-state index contributed by atoms with van der Waals surface area (Å²) in [4.78, 5) is 13.9. The molecule has 0 fully saturated rings. The van der Waals surface area contributed by atoms with Gasteiger partial charge in [-0.15, -0.1) is 0 Å². The molecule has 0 aliphatic heterocycles. The van der Waals surface area contributed by atoms with Gasteiger partial charge in [0, 0.05) is 30.4 Å². The maximum Gasteiger partial charge on any atom is 0.254 e. The second-order valence-electron chi connectivity index (χ2n) is 4.33. The van der Waals surface area contributed by atoms with E-state index in [1.807, 2.05) is 19.1 Å². The minimum atomic E-state index is -0.256. The Hall–Kier alpha value is -2.73. The van der Waals surface area contributed by atoms with Crippen LogP contribution in [0.1, 0.15) is 30.1 Å².